The van der Waals surface area contributed by atoms with E-state index in [1.807, 2.05) is 0 Å². The Morgan fingerprint density at radius 1 is 1.60 bits per heavy atom. The van der Waals surface area contributed by atoms with Crippen molar-refractivity contribution in [2.75, 3.05) is 0 Å². The Morgan fingerprint density at radius 2 is 1.60 bits per heavy atom. The van der Waals surface area contributed by atoms with Crippen molar-refractivity contribution >= 4 is 0 Å². The van der Waals surface area contributed by atoms with Gasteiger partial charge in [0.25, 0.3) is 0 Å². The van der Waals surface area contributed by atoms with E-state index in [-0.39, 0.29) is 0 Å². The molecule has 0 aliphatic heterocycles. The molecule has 5 heavy (non-hydrogen) atoms. The van der Waals surface area contributed by atoms with E-state index in [2.05, 4.69) is 5.73 Å². The maximum Gasteiger partial charge on any atom is 0.231 e. The average molecular weight is 78.1 g/mol. The number of quaternary nitrogens is 1. The number of hydrogen-bond acceptors (Lipinski definition) is 0. The molecule has 0 fully saturated rings. The molecule has 0 atom stereocenters. The minimum Gasteiger partial charge on any atom is -0.327 e. The van der Waals surface area contributed by atoms with Crippen LogP contribution in [0.1, 0.15) is 13.8 Å². The zero-order valence-corrected chi connectivity index (χ0v) is 3.59. The Kier molecular flexibility index (Phi) is 0.916. The number of rotatable bonds is 0. The third kappa shape index (κ3) is 1150. The summed E-state index contributed by atoms with van der Waals surface area (Å²) in [7, 11) is 0. The summed E-state index contributed by atoms with van der Waals surface area (Å²) in [6.45, 7) is 2.82. The second-order valence-corrected chi connectivity index (χ2v) is 1.72. The fourth-order valence-electron chi connectivity index (χ4n) is 0. The first-order valence-electron chi connectivity index (χ1n) is 1.54. The predicted octanol–water partition coefficient (Wildman–Crippen LogP) is -0.0661. The molecule has 1 nitrogen and oxygen atoms in total. The second-order valence-electron chi connectivity index (χ2n) is 1.72. The van der Waals surface area contributed by atoms with Gasteiger partial charge in [-0.1, -0.05) is 0 Å². The Morgan fingerprint density at radius 3 is 1.60 bits per heavy atom. The summed E-state index contributed by atoms with van der Waals surface area (Å²) in [5.41, 5.74) is 3.10. The molecule has 0 heterocycles. The molecule has 0 amide bonds. The number of hydrogen-bond donors (Lipinski definition) is 1. The van der Waals surface area contributed by atoms with Crippen molar-refractivity contribution in [1.29, 1.82) is 0 Å². The van der Waals surface area contributed by atoms with Gasteiger partial charge in [0.2, 0.25) is 5.79 Å². The van der Waals surface area contributed by atoms with Crippen molar-refractivity contribution in [3.05, 3.63) is 0 Å². The van der Waals surface area contributed by atoms with E-state index in [1.54, 1.807) is 0 Å². The van der Waals surface area contributed by atoms with Crippen LogP contribution in [0.25, 0.3) is 0 Å². The van der Waals surface area contributed by atoms with Gasteiger partial charge in [-0.05, 0) is 0 Å². The molecule has 2 heteroatoms. The van der Waals surface area contributed by atoms with Gasteiger partial charge in [-0.2, -0.15) is 4.39 Å². The smallest absolute Gasteiger partial charge is 0.231 e. The lowest BCUT2D eigenvalue weighted by Crippen LogP contribution is -2.66. The molecule has 0 saturated carbocycles. The lowest BCUT2D eigenvalue weighted by molar-refractivity contribution is -0.509. The minimum absolute atomic E-state index is 1.25. The van der Waals surface area contributed by atoms with Gasteiger partial charge < -0.3 is 5.73 Å². The largest absolute Gasteiger partial charge is 0.327 e. The van der Waals surface area contributed by atoms with Gasteiger partial charge in [-0.15, -0.1) is 0 Å². The summed E-state index contributed by atoms with van der Waals surface area (Å²) in [6, 6.07) is 0. The summed E-state index contributed by atoms with van der Waals surface area (Å²) in [4.78, 5) is 0. The predicted molar refractivity (Wildman–Crippen MR) is 18.1 cm³/mol. The standard InChI is InChI=1S/C3H8FN/c1-3(2,4)5/h5H2,1-2H3/p+1. The maximum atomic E-state index is 11.6. The minimum atomic E-state index is -1.25. The summed E-state index contributed by atoms with van der Waals surface area (Å²) < 4.78 is 11.6. The van der Waals surface area contributed by atoms with Crippen LogP contribution in [0.3, 0.4) is 0 Å². The van der Waals surface area contributed by atoms with E-state index in [1.165, 1.54) is 13.8 Å². The molecule has 0 aromatic carbocycles. The van der Waals surface area contributed by atoms with Gasteiger partial charge >= 0.3 is 0 Å². The molecule has 0 aliphatic carbocycles. The highest BCUT2D eigenvalue weighted by Gasteiger charge is 2.07. The molecule has 0 rings (SSSR count). The van der Waals surface area contributed by atoms with Crippen molar-refractivity contribution in [1.82, 2.24) is 0 Å². The van der Waals surface area contributed by atoms with E-state index in [0.29, 0.717) is 0 Å². The first-order valence-corrected chi connectivity index (χ1v) is 1.54. The van der Waals surface area contributed by atoms with Gasteiger partial charge in [0.05, 0.1) is 0 Å². The highest BCUT2D eigenvalue weighted by atomic mass is 19.1. The molecule has 0 spiro atoms. The third-order valence-electron chi connectivity index (χ3n) is 0. The summed E-state index contributed by atoms with van der Waals surface area (Å²) >= 11 is 0. The number of alkyl halides is 1. The van der Waals surface area contributed by atoms with Crippen LogP contribution >= 0.6 is 0 Å². The van der Waals surface area contributed by atoms with E-state index in [4.69, 9.17) is 0 Å². The van der Waals surface area contributed by atoms with Gasteiger partial charge in [0.1, 0.15) is 0 Å². The van der Waals surface area contributed by atoms with Gasteiger partial charge in [-0.25, -0.2) is 0 Å². The van der Waals surface area contributed by atoms with Crippen molar-refractivity contribution in [2.45, 2.75) is 19.6 Å². The molecular formula is C3H9FN+. The fourth-order valence-corrected chi connectivity index (χ4v) is 0. The maximum absolute atomic E-state index is 11.6. The normalized spacial score (nSPS) is 12.0. The molecular weight excluding hydrogens is 69.0 g/mol. The first-order chi connectivity index (χ1) is 2.00. The van der Waals surface area contributed by atoms with Gasteiger partial charge in [-0.3, -0.25) is 0 Å². The molecule has 0 radical (unpaired) electrons. The summed E-state index contributed by atoms with van der Waals surface area (Å²) in [5, 5.41) is 0. The molecule has 3 N–H and O–H groups in total. The van der Waals surface area contributed by atoms with Crippen LogP contribution in [0.15, 0.2) is 0 Å². The van der Waals surface area contributed by atoms with Gasteiger partial charge in [0.15, 0.2) is 0 Å². The van der Waals surface area contributed by atoms with Crippen molar-refractivity contribution < 1.29 is 10.1 Å². The highest BCUT2D eigenvalue weighted by molar-refractivity contribution is 4.35. The van der Waals surface area contributed by atoms with Crippen LogP contribution < -0.4 is 5.73 Å². The zero-order valence-electron chi connectivity index (χ0n) is 3.59. The average Bonchev–Trinajstić information content (AvgIpc) is 0.722. The lowest BCUT2D eigenvalue weighted by atomic mass is 10.4. The van der Waals surface area contributed by atoms with E-state index in [9.17, 15) is 4.39 Å². The Hall–Kier alpha value is -0.110. The van der Waals surface area contributed by atoms with Crippen molar-refractivity contribution in [3.63, 3.8) is 0 Å². The Bertz CT molecular complexity index is 22.4. The molecule has 0 bridgehead atoms. The van der Waals surface area contributed by atoms with Crippen LogP contribution in [0.2, 0.25) is 0 Å². The van der Waals surface area contributed by atoms with E-state index < -0.39 is 5.79 Å². The van der Waals surface area contributed by atoms with Gasteiger partial charge in [0, 0.05) is 13.8 Å². The Labute approximate surface area is 31.0 Å². The molecule has 32 valence electrons. The Balaban J connectivity index is 3.02. The van der Waals surface area contributed by atoms with Crippen LogP contribution in [-0.2, 0) is 0 Å². The van der Waals surface area contributed by atoms with Crippen LogP contribution in [0, 0.1) is 0 Å². The first kappa shape index (κ1) is 4.89. The van der Waals surface area contributed by atoms with Crippen molar-refractivity contribution in [2.24, 2.45) is 0 Å². The molecule has 0 aromatic heterocycles. The van der Waals surface area contributed by atoms with E-state index in [0.717, 1.165) is 0 Å². The fraction of sp³-hybridized carbons (Fsp3) is 1.00. The summed E-state index contributed by atoms with van der Waals surface area (Å²) in [6.07, 6.45) is 0. The van der Waals surface area contributed by atoms with Crippen LogP contribution in [0.5, 0.6) is 0 Å². The quantitative estimate of drug-likeness (QED) is 0.393. The molecule has 0 saturated heterocycles. The van der Waals surface area contributed by atoms with Crippen molar-refractivity contribution in [3.8, 4) is 0 Å². The second kappa shape index (κ2) is 0.937. The van der Waals surface area contributed by atoms with Crippen LogP contribution in [-0.4, -0.2) is 5.79 Å². The third-order valence-corrected chi connectivity index (χ3v) is 0. The molecule has 0 aliphatic rings. The number of halogens is 1. The van der Waals surface area contributed by atoms with E-state index >= 15 is 0 Å². The zero-order chi connectivity index (χ0) is 4.50. The molecule has 0 unspecified atom stereocenters. The topological polar surface area (TPSA) is 27.6 Å². The summed E-state index contributed by atoms with van der Waals surface area (Å²) in [5.74, 6) is -1.25. The highest BCUT2D eigenvalue weighted by Crippen LogP contribution is 1.89. The van der Waals surface area contributed by atoms with Crippen LogP contribution in [0.4, 0.5) is 4.39 Å². The molecule has 0 aromatic rings. The SMILES string of the molecule is CC(C)([NH3+])F. The lowest BCUT2D eigenvalue weighted by Gasteiger charge is -1.96. The monoisotopic (exact) mass is 78.1 g/mol.